The Bertz CT molecular complexity index is 752. The van der Waals surface area contributed by atoms with Crippen molar-refractivity contribution < 1.29 is 4.79 Å². The van der Waals surface area contributed by atoms with Gasteiger partial charge in [0.1, 0.15) is 0 Å². The summed E-state index contributed by atoms with van der Waals surface area (Å²) in [5, 5.41) is 9.04. The largest absolute Gasteiger partial charge is 0.341 e. The summed E-state index contributed by atoms with van der Waals surface area (Å²) >= 11 is 1.51. The fourth-order valence-corrected chi connectivity index (χ4v) is 3.78. The number of fused-ring (bicyclic) bond motifs is 1. The van der Waals surface area contributed by atoms with Crippen molar-refractivity contribution in [3.8, 4) is 0 Å². The minimum Gasteiger partial charge on any atom is -0.295 e. The minimum absolute atomic E-state index is 0.0364. The number of carbonyl (C=O) groups excluding carboxylic acids is 1. The number of anilines is 1. The highest BCUT2D eigenvalue weighted by Gasteiger charge is 2.30. The summed E-state index contributed by atoms with van der Waals surface area (Å²) in [4.78, 5) is 31.0. The fourth-order valence-electron chi connectivity index (χ4n) is 2.70. The molecule has 8 heteroatoms. The molecule has 1 amide bonds. The van der Waals surface area contributed by atoms with Gasteiger partial charge in [0.25, 0.3) is 5.91 Å². The molecular weight excluding hydrogens is 302 g/mol. The van der Waals surface area contributed by atoms with Gasteiger partial charge < -0.3 is 0 Å². The lowest BCUT2D eigenvalue weighted by Crippen LogP contribution is -2.26. The highest BCUT2D eigenvalue weighted by molar-refractivity contribution is 7.15. The zero-order valence-corrected chi connectivity index (χ0v) is 13.6. The Hall–Kier alpha value is -1.96. The highest BCUT2D eigenvalue weighted by atomic mass is 32.1. The number of hydrogen-bond donors (Lipinski definition) is 3. The first-order valence-corrected chi connectivity index (χ1v) is 8.09. The van der Waals surface area contributed by atoms with Crippen LogP contribution in [0, 0.1) is 11.3 Å². The predicted octanol–water partition coefficient (Wildman–Crippen LogP) is 1.96. The number of aromatic amines is 2. The lowest BCUT2D eigenvalue weighted by atomic mass is 9.73. The van der Waals surface area contributed by atoms with Gasteiger partial charge in [0, 0.05) is 4.88 Å². The zero-order chi connectivity index (χ0) is 15.9. The zero-order valence-electron chi connectivity index (χ0n) is 12.8. The van der Waals surface area contributed by atoms with Gasteiger partial charge in [-0.25, -0.2) is 14.9 Å². The quantitative estimate of drug-likeness (QED) is 0.786. The van der Waals surface area contributed by atoms with Crippen molar-refractivity contribution >= 4 is 22.4 Å². The van der Waals surface area contributed by atoms with Crippen LogP contribution < -0.4 is 11.0 Å². The molecule has 0 spiro atoms. The van der Waals surface area contributed by atoms with Gasteiger partial charge in [-0.05, 0) is 30.6 Å². The van der Waals surface area contributed by atoms with Gasteiger partial charge in [0.2, 0.25) is 5.82 Å². The first-order valence-electron chi connectivity index (χ1n) is 7.27. The lowest BCUT2D eigenvalue weighted by Gasteiger charge is -2.33. The van der Waals surface area contributed by atoms with E-state index in [1.54, 1.807) is 0 Å². The number of aromatic nitrogens is 4. The molecule has 0 saturated heterocycles. The van der Waals surface area contributed by atoms with Crippen LogP contribution in [0.4, 0.5) is 5.13 Å². The highest BCUT2D eigenvalue weighted by Crippen LogP contribution is 2.40. The summed E-state index contributed by atoms with van der Waals surface area (Å²) in [5.74, 6) is 0.134. The number of aryl methyl sites for hydroxylation is 1. The van der Waals surface area contributed by atoms with E-state index in [4.69, 9.17) is 0 Å². The van der Waals surface area contributed by atoms with E-state index < -0.39 is 11.6 Å². The Kier molecular flexibility index (Phi) is 3.64. The molecule has 0 fully saturated rings. The van der Waals surface area contributed by atoms with Crippen molar-refractivity contribution in [1.29, 1.82) is 0 Å². The van der Waals surface area contributed by atoms with Crippen molar-refractivity contribution in [2.75, 3.05) is 5.32 Å². The normalized spacial score (nSPS) is 18.0. The summed E-state index contributed by atoms with van der Waals surface area (Å²) in [5.41, 5.74) is 0.854. The van der Waals surface area contributed by atoms with Crippen LogP contribution in [0.5, 0.6) is 0 Å². The van der Waals surface area contributed by atoms with Crippen LogP contribution in [0.15, 0.2) is 4.79 Å². The summed E-state index contributed by atoms with van der Waals surface area (Å²) in [6.07, 6.45) is 3.08. The van der Waals surface area contributed by atoms with Gasteiger partial charge in [0.15, 0.2) is 5.13 Å². The second-order valence-electron chi connectivity index (χ2n) is 6.68. The third-order valence-corrected chi connectivity index (χ3v) is 5.14. The molecule has 2 heterocycles. The first kappa shape index (κ1) is 15.0. The first-order chi connectivity index (χ1) is 10.3. The molecule has 118 valence electrons. The second-order valence-corrected chi connectivity index (χ2v) is 7.76. The van der Waals surface area contributed by atoms with E-state index in [0.717, 1.165) is 25.0 Å². The van der Waals surface area contributed by atoms with Crippen LogP contribution in [0.1, 0.15) is 48.4 Å². The summed E-state index contributed by atoms with van der Waals surface area (Å²) in [6, 6.07) is 0. The molecule has 1 aliphatic rings. The number of thiazole rings is 1. The van der Waals surface area contributed by atoms with E-state index in [1.165, 1.54) is 16.2 Å². The Morgan fingerprint density at radius 2 is 2.18 bits per heavy atom. The summed E-state index contributed by atoms with van der Waals surface area (Å²) < 4.78 is 0. The molecule has 0 saturated carbocycles. The van der Waals surface area contributed by atoms with Crippen LogP contribution in [0.25, 0.3) is 0 Å². The van der Waals surface area contributed by atoms with Crippen LogP contribution >= 0.6 is 11.3 Å². The molecule has 3 N–H and O–H groups in total. The van der Waals surface area contributed by atoms with E-state index in [-0.39, 0.29) is 11.2 Å². The monoisotopic (exact) mass is 321 g/mol. The Morgan fingerprint density at radius 3 is 2.82 bits per heavy atom. The van der Waals surface area contributed by atoms with Gasteiger partial charge in [-0.3, -0.25) is 15.1 Å². The Morgan fingerprint density at radius 1 is 1.41 bits per heavy atom. The van der Waals surface area contributed by atoms with Gasteiger partial charge in [-0.2, -0.15) is 0 Å². The molecule has 7 nitrogen and oxygen atoms in total. The third-order valence-electron chi connectivity index (χ3n) is 4.10. The minimum atomic E-state index is -0.503. The number of carbonyl (C=O) groups is 1. The maximum absolute atomic E-state index is 12.0. The molecule has 0 radical (unpaired) electrons. The molecule has 0 aliphatic heterocycles. The standard InChI is InChI=1S/C14H19N5O2S/c1-14(2,3)7-4-5-8-9(6-7)22-13(15-8)17-11(20)10-16-12(21)19-18-10/h7H,4-6H2,1-3H3,(H,15,17,20)(H2,16,18,19,21). The number of nitrogens with one attached hydrogen (secondary N) is 3. The van der Waals surface area contributed by atoms with Crippen molar-refractivity contribution in [3.63, 3.8) is 0 Å². The predicted molar refractivity (Wildman–Crippen MR) is 84.2 cm³/mol. The number of H-pyrrole nitrogens is 2. The number of amides is 1. The van der Waals surface area contributed by atoms with Crippen molar-refractivity contribution in [2.45, 2.75) is 40.0 Å². The van der Waals surface area contributed by atoms with E-state index in [9.17, 15) is 9.59 Å². The molecular formula is C14H19N5O2S. The van der Waals surface area contributed by atoms with Crippen LogP contribution in [-0.2, 0) is 12.8 Å². The van der Waals surface area contributed by atoms with Crippen molar-refractivity contribution in [1.82, 2.24) is 20.2 Å². The van der Waals surface area contributed by atoms with Crippen molar-refractivity contribution in [3.05, 3.63) is 26.9 Å². The van der Waals surface area contributed by atoms with Gasteiger partial charge in [0.05, 0.1) is 5.69 Å². The number of hydrogen-bond acceptors (Lipinski definition) is 5. The van der Waals surface area contributed by atoms with Crippen LogP contribution in [0.3, 0.4) is 0 Å². The lowest BCUT2D eigenvalue weighted by molar-refractivity contribution is 0.101. The maximum Gasteiger partial charge on any atom is 0.341 e. The van der Waals surface area contributed by atoms with Crippen LogP contribution in [-0.4, -0.2) is 26.1 Å². The smallest absolute Gasteiger partial charge is 0.295 e. The summed E-state index contributed by atoms with van der Waals surface area (Å²) in [6.45, 7) is 6.79. The van der Waals surface area contributed by atoms with Gasteiger partial charge in [-0.15, -0.1) is 16.4 Å². The third kappa shape index (κ3) is 2.96. The van der Waals surface area contributed by atoms with Crippen molar-refractivity contribution in [2.24, 2.45) is 11.3 Å². The Labute approximate surface area is 131 Å². The maximum atomic E-state index is 12.0. The number of nitrogens with zero attached hydrogens (tertiary/aromatic N) is 2. The van der Waals surface area contributed by atoms with Gasteiger partial charge >= 0.3 is 5.69 Å². The molecule has 3 rings (SSSR count). The molecule has 1 unspecified atom stereocenters. The molecule has 1 atom stereocenters. The number of rotatable bonds is 2. The second kappa shape index (κ2) is 5.35. The fraction of sp³-hybridized carbons (Fsp3) is 0.571. The van der Waals surface area contributed by atoms with Crippen LogP contribution in [0.2, 0.25) is 0 Å². The molecule has 0 aromatic carbocycles. The SMILES string of the molecule is CC(C)(C)C1CCc2nc(NC(=O)c3n[nH]c(=O)[nH]3)sc2C1. The molecule has 2 aromatic heterocycles. The molecule has 22 heavy (non-hydrogen) atoms. The van der Waals surface area contributed by atoms with Gasteiger partial charge in [-0.1, -0.05) is 20.8 Å². The molecule has 0 bridgehead atoms. The molecule has 2 aromatic rings. The topological polar surface area (TPSA) is 104 Å². The van der Waals surface area contributed by atoms with E-state index >= 15 is 0 Å². The average molecular weight is 321 g/mol. The Balaban J connectivity index is 1.74. The van der Waals surface area contributed by atoms with E-state index in [1.807, 2.05) is 0 Å². The van der Waals surface area contributed by atoms with E-state index in [2.05, 4.69) is 46.3 Å². The molecule has 1 aliphatic carbocycles. The average Bonchev–Trinajstić information content (AvgIpc) is 3.02. The summed E-state index contributed by atoms with van der Waals surface area (Å²) in [7, 11) is 0. The van der Waals surface area contributed by atoms with E-state index in [0.29, 0.717) is 11.0 Å².